The van der Waals surface area contributed by atoms with E-state index in [-0.39, 0.29) is 24.1 Å². The van der Waals surface area contributed by atoms with E-state index in [0.717, 1.165) is 25.7 Å². The molecule has 1 fully saturated rings. The van der Waals surface area contributed by atoms with Gasteiger partial charge in [0.2, 0.25) is 5.91 Å². The van der Waals surface area contributed by atoms with Crippen LogP contribution in [0.1, 0.15) is 42.5 Å². The minimum absolute atomic E-state index is 0.0511. The van der Waals surface area contributed by atoms with Crippen molar-refractivity contribution >= 4 is 11.7 Å². The van der Waals surface area contributed by atoms with Gasteiger partial charge in [-0.1, -0.05) is 12.8 Å². The third-order valence-corrected chi connectivity index (χ3v) is 3.42. The number of carbonyl (C=O) groups is 2. The molecule has 0 spiro atoms. The van der Waals surface area contributed by atoms with Crippen molar-refractivity contribution in [2.75, 3.05) is 13.1 Å². The number of hydrogen-bond acceptors (Lipinski definition) is 2. The largest absolute Gasteiger partial charge is 0.335 e. The number of nitrogens with zero attached hydrogens (tertiary/aromatic N) is 1. The fraction of sp³-hybridized carbons (Fsp3) is 0.467. The van der Waals surface area contributed by atoms with Crippen molar-refractivity contribution in [2.24, 2.45) is 0 Å². The van der Waals surface area contributed by atoms with E-state index in [0.29, 0.717) is 18.5 Å². The third-order valence-electron chi connectivity index (χ3n) is 3.42. The summed E-state index contributed by atoms with van der Waals surface area (Å²) in [6, 6.07) is 5.46. The molecule has 0 unspecified atom stereocenters. The third kappa shape index (κ3) is 3.88. The molecule has 1 aromatic rings. The minimum Gasteiger partial charge on any atom is -0.335 e. The van der Waals surface area contributed by atoms with Gasteiger partial charge in [-0.3, -0.25) is 9.59 Å². The van der Waals surface area contributed by atoms with E-state index < -0.39 is 0 Å². The lowest BCUT2D eigenvalue weighted by molar-refractivity contribution is -0.131. The Hall–Kier alpha value is -1.71. The number of halogens is 1. The minimum atomic E-state index is -0.362. The number of benzene rings is 1. The fourth-order valence-electron chi connectivity index (χ4n) is 2.28. The molecule has 102 valence electrons. The van der Waals surface area contributed by atoms with Crippen LogP contribution in [-0.2, 0) is 4.79 Å². The van der Waals surface area contributed by atoms with Crippen LogP contribution in [0.15, 0.2) is 24.3 Å². The second-order valence-corrected chi connectivity index (χ2v) is 4.91. The van der Waals surface area contributed by atoms with Crippen molar-refractivity contribution < 1.29 is 14.0 Å². The van der Waals surface area contributed by atoms with Gasteiger partial charge in [-0.15, -0.1) is 0 Å². The zero-order valence-corrected chi connectivity index (χ0v) is 10.9. The number of likely N-dealkylation sites (tertiary alicyclic amines) is 1. The molecule has 1 saturated heterocycles. The van der Waals surface area contributed by atoms with Crippen molar-refractivity contribution in [2.45, 2.75) is 32.1 Å². The maximum atomic E-state index is 12.8. The summed E-state index contributed by atoms with van der Waals surface area (Å²) >= 11 is 0. The van der Waals surface area contributed by atoms with Gasteiger partial charge in [0.25, 0.3) is 0 Å². The molecule has 19 heavy (non-hydrogen) atoms. The molecular formula is C15H18FNO2. The van der Waals surface area contributed by atoms with E-state index in [4.69, 9.17) is 0 Å². The zero-order valence-electron chi connectivity index (χ0n) is 10.9. The summed E-state index contributed by atoms with van der Waals surface area (Å²) < 4.78 is 12.8. The fourth-order valence-corrected chi connectivity index (χ4v) is 2.28. The number of ketones is 1. The highest BCUT2D eigenvalue weighted by atomic mass is 19.1. The molecule has 2 rings (SSSR count). The molecule has 0 bridgehead atoms. The summed E-state index contributed by atoms with van der Waals surface area (Å²) in [5.74, 6) is -0.442. The van der Waals surface area contributed by atoms with Crippen molar-refractivity contribution in [3.63, 3.8) is 0 Å². The summed E-state index contributed by atoms with van der Waals surface area (Å²) in [5, 5.41) is 0. The molecule has 0 aromatic heterocycles. The van der Waals surface area contributed by atoms with Crippen LogP contribution in [0.3, 0.4) is 0 Å². The van der Waals surface area contributed by atoms with Gasteiger partial charge in [0.15, 0.2) is 5.78 Å². The average molecular weight is 263 g/mol. The highest BCUT2D eigenvalue weighted by molar-refractivity contribution is 5.99. The van der Waals surface area contributed by atoms with Crippen LogP contribution in [0.4, 0.5) is 4.39 Å². The number of Topliss-reactive ketones (excluding diaryl/α,β-unsaturated/α-hetero) is 1. The van der Waals surface area contributed by atoms with Crippen molar-refractivity contribution in [3.8, 4) is 0 Å². The Bertz CT molecular complexity index is 456. The second kappa shape index (κ2) is 6.45. The molecular weight excluding hydrogens is 245 g/mol. The van der Waals surface area contributed by atoms with E-state index in [1.54, 1.807) is 4.90 Å². The Balaban J connectivity index is 2.00. The van der Waals surface area contributed by atoms with Gasteiger partial charge >= 0.3 is 0 Å². The number of rotatable bonds is 3. The molecule has 0 aliphatic carbocycles. The topological polar surface area (TPSA) is 37.4 Å². The van der Waals surface area contributed by atoms with Crippen LogP contribution < -0.4 is 0 Å². The first kappa shape index (κ1) is 13.7. The van der Waals surface area contributed by atoms with Gasteiger partial charge in [-0.25, -0.2) is 4.39 Å². The Morgan fingerprint density at radius 2 is 1.79 bits per heavy atom. The van der Waals surface area contributed by atoms with Crippen LogP contribution in [0.5, 0.6) is 0 Å². The van der Waals surface area contributed by atoms with Gasteiger partial charge in [0.1, 0.15) is 5.82 Å². The lowest BCUT2D eigenvalue weighted by Gasteiger charge is -2.24. The van der Waals surface area contributed by atoms with Gasteiger partial charge in [0.05, 0.1) is 6.54 Å². The van der Waals surface area contributed by atoms with Gasteiger partial charge in [-0.2, -0.15) is 0 Å². The molecule has 1 aromatic carbocycles. The van der Waals surface area contributed by atoms with Crippen molar-refractivity contribution in [3.05, 3.63) is 35.6 Å². The Kier molecular flexibility index (Phi) is 4.66. The van der Waals surface area contributed by atoms with Crippen LogP contribution in [0.2, 0.25) is 0 Å². The predicted octanol–water partition coefficient (Wildman–Crippen LogP) is 2.80. The van der Waals surface area contributed by atoms with E-state index >= 15 is 0 Å². The lowest BCUT2D eigenvalue weighted by Crippen LogP contribution is -2.37. The number of carbonyl (C=O) groups excluding carboxylic acids is 2. The van der Waals surface area contributed by atoms with Crippen LogP contribution in [0, 0.1) is 5.82 Å². The Morgan fingerprint density at radius 3 is 2.53 bits per heavy atom. The SMILES string of the molecule is O=C(CN1CCCCCCC1=O)c1ccc(F)cc1. The van der Waals surface area contributed by atoms with E-state index in [2.05, 4.69) is 0 Å². The zero-order chi connectivity index (χ0) is 13.7. The number of amides is 1. The van der Waals surface area contributed by atoms with Crippen molar-refractivity contribution in [1.82, 2.24) is 4.90 Å². The van der Waals surface area contributed by atoms with E-state index in [1.165, 1.54) is 24.3 Å². The molecule has 1 aliphatic rings. The van der Waals surface area contributed by atoms with Gasteiger partial charge in [0, 0.05) is 18.5 Å². The molecule has 4 heteroatoms. The molecule has 0 radical (unpaired) electrons. The molecule has 0 N–H and O–H groups in total. The van der Waals surface area contributed by atoms with Crippen LogP contribution in [-0.4, -0.2) is 29.7 Å². The molecule has 1 heterocycles. The van der Waals surface area contributed by atoms with Crippen molar-refractivity contribution in [1.29, 1.82) is 0 Å². The quantitative estimate of drug-likeness (QED) is 0.786. The summed E-state index contributed by atoms with van der Waals surface area (Å²) in [7, 11) is 0. The molecule has 1 amide bonds. The monoisotopic (exact) mass is 263 g/mol. The lowest BCUT2D eigenvalue weighted by atomic mass is 10.1. The second-order valence-electron chi connectivity index (χ2n) is 4.91. The average Bonchev–Trinajstić information content (AvgIpc) is 2.39. The molecule has 0 saturated carbocycles. The summed E-state index contributed by atoms with van der Waals surface area (Å²) in [5.41, 5.74) is 0.455. The number of hydrogen-bond donors (Lipinski definition) is 0. The normalized spacial score (nSPS) is 16.9. The summed E-state index contributed by atoms with van der Waals surface area (Å²) in [6.07, 6.45) is 4.57. The highest BCUT2D eigenvalue weighted by Crippen LogP contribution is 2.13. The Morgan fingerprint density at radius 1 is 1.11 bits per heavy atom. The van der Waals surface area contributed by atoms with Crippen LogP contribution >= 0.6 is 0 Å². The van der Waals surface area contributed by atoms with Gasteiger partial charge < -0.3 is 4.90 Å². The summed E-state index contributed by atoms with van der Waals surface area (Å²) in [6.45, 7) is 0.746. The first-order valence-corrected chi connectivity index (χ1v) is 6.73. The predicted molar refractivity (Wildman–Crippen MR) is 70.4 cm³/mol. The first-order chi connectivity index (χ1) is 9.16. The van der Waals surface area contributed by atoms with E-state index in [9.17, 15) is 14.0 Å². The summed E-state index contributed by atoms with van der Waals surface area (Å²) in [4.78, 5) is 25.6. The van der Waals surface area contributed by atoms with E-state index in [1.807, 2.05) is 0 Å². The molecule has 0 atom stereocenters. The van der Waals surface area contributed by atoms with Gasteiger partial charge in [-0.05, 0) is 37.1 Å². The maximum Gasteiger partial charge on any atom is 0.222 e. The maximum absolute atomic E-state index is 12.8. The van der Waals surface area contributed by atoms with Crippen LogP contribution in [0.25, 0.3) is 0 Å². The smallest absolute Gasteiger partial charge is 0.222 e. The molecule has 3 nitrogen and oxygen atoms in total. The molecule has 1 aliphatic heterocycles. The highest BCUT2D eigenvalue weighted by Gasteiger charge is 2.19. The Labute approximate surface area is 112 Å². The standard InChI is InChI=1S/C15H18FNO2/c16-13-8-6-12(7-9-13)14(18)11-17-10-4-2-1-3-5-15(17)19/h6-9H,1-5,10-11H2. The first-order valence-electron chi connectivity index (χ1n) is 6.73.